The van der Waals surface area contributed by atoms with Crippen molar-refractivity contribution < 1.29 is 19.5 Å². The number of carbonyl (C=O) groups excluding carboxylic acids is 3. The molecule has 6 N–H and O–H groups in total. The van der Waals surface area contributed by atoms with Crippen molar-refractivity contribution in [2.45, 2.75) is 63.4 Å². The van der Waals surface area contributed by atoms with Gasteiger partial charge in [0.1, 0.15) is 6.04 Å². The Kier molecular flexibility index (Phi) is 11.2. The van der Waals surface area contributed by atoms with E-state index in [1.165, 1.54) is 6.92 Å². The fraction of sp³-hybridized carbons (Fsp3) is 0.323. The molecule has 0 saturated carbocycles. The van der Waals surface area contributed by atoms with Crippen molar-refractivity contribution in [1.29, 1.82) is 0 Å². The Balaban J connectivity index is 1.66. The number of aliphatic hydroxyl groups excluding tert-OH is 1. The minimum Gasteiger partial charge on any atom is -0.391 e. The molecule has 4 atom stereocenters. The van der Waals surface area contributed by atoms with Gasteiger partial charge in [-0.15, -0.1) is 0 Å². The average Bonchev–Trinajstić information content (AvgIpc) is 2.95. The van der Waals surface area contributed by atoms with E-state index < -0.39 is 36.0 Å². The minimum absolute atomic E-state index is 0.0650. The van der Waals surface area contributed by atoms with Crippen molar-refractivity contribution in [2.24, 2.45) is 5.73 Å². The molecule has 0 heterocycles. The summed E-state index contributed by atoms with van der Waals surface area (Å²) in [6.07, 6.45) is -0.432. The number of amides is 3. The van der Waals surface area contributed by atoms with Gasteiger partial charge in [-0.05, 0) is 43.4 Å². The second-order valence-electron chi connectivity index (χ2n) is 9.75. The van der Waals surface area contributed by atoms with Gasteiger partial charge in [0.25, 0.3) is 0 Å². The van der Waals surface area contributed by atoms with Gasteiger partial charge in [-0.1, -0.05) is 91.0 Å². The Hall–Kier alpha value is -4.01. The Bertz CT molecular complexity index is 1150. The molecular formula is C31H38N4O4. The zero-order chi connectivity index (χ0) is 28.2. The third-order valence-electron chi connectivity index (χ3n) is 6.49. The molecule has 0 fully saturated rings. The standard InChI is InChI=1S/C31H38N4O4/c1-21(32)30(38)33-22(2)31(39)34-26(20-23-12-6-3-7-13-23)27(36)18-19-28(37)35-29(24-14-8-4-9-15-24)25-16-10-5-11-17-25/h3-17,21-22,26-27,29,36H,18-20,32H2,1-2H3,(H,33,38)(H,34,39)(H,35,37)/t21-,22-,26?,27?/m0/s1. The van der Waals surface area contributed by atoms with Crippen molar-refractivity contribution in [2.75, 3.05) is 0 Å². The molecule has 39 heavy (non-hydrogen) atoms. The Morgan fingerprint density at radius 2 is 1.26 bits per heavy atom. The topological polar surface area (TPSA) is 134 Å². The lowest BCUT2D eigenvalue weighted by atomic mass is 9.96. The highest BCUT2D eigenvalue weighted by molar-refractivity contribution is 5.89. The van der Waals surface area contributed by atoms with Gasteiger partial charge in [0.05, 0.1) is 24.2 Å². The van der Waals surface area contributed by atoms with Crippen LogP contribution in [0.3, 0.4) is 0 Å². The molecule has 8 nitrogen and oxygen atoms in total. The number of aliphatic hydroxyl groups is 1. The number of hydrogen-bond donors (Lipinski definition) is 5. The predicted molar refractivity (Wildman–Crippen MR) is 151 cm³/mol. The molecule has 0 spiro atoms. The monoisotopic (exact) mass is 530 g/mol. The van der Waals surface area contributed by atoms with E-state index >= 15 is 0 Å². The van der Waals surface area contributed by atoms with Gasteiger partial charge < -0.3 is 26.8 Å². The molecule has 0 aromatic heterocycles. The number of nitrogens with one attached hydrogen (secondary N) is 3. The summed E-state index contributed by atoms with van der Waals surface area (Å²) in [5, 5.41) is 19.6. The van der Waals surface area contributed by atoms with E-state index in [0.29, 0.717) is 6.42 Å². The van der Waals surface area contributed by atoms with Crippen LogP contribution in [-0.2, 0) is 20.8 Å². The molecular weight excluding hydrogens is 492 g/mol. The second kappa shape index (κ2) is 14.8. The van der Waals surface area contributed by atoms with Gasteiger partial charge in [0, 0.05) is 6.42 Å². The number of benzene rings is 3. The lowest BCUT2D eigenvalue weighted by molar-refractivity contribution is -0.130. The van der Waals surface area contributed by atoms with E-state index in [-0.39, 0.29) is 24.8 Å². The fourth-order valence-electron chi connectivity index (χ4n) is 4.23. The molecule has 2 unspecified atom stereocenters. The highest BCUT2D eigenvalue weighted by atomic mass is 16.3. The summed E-state index contributed by atoms with van der Waals surface area (Å²) < 4.78 is 0. The Morgan fingerprint density at radius 1 is 0.744 bits per heavy atom. The van der Waals surface area contributed by atoms with Gasteiger partial charge in [0.2, 0.25) is 17.7 Å². The third-order valence-corrected chi connectivity index (χ3v) is 6.49. The molecule has 0 aliphatic rings. The average molecular weight is 531 g/mol. The molecule has 3 aromatic carbocycles. The van der Waals surface area contributed by atoms with Crippen LogP contribution >= 0.6 is 0 Å². The molecule has 3 rings (SSSR count). The maximum atomic E-state index is 13.0. The predicted octanol–water partition coefficient (Wildman–Crippen LogP) is 2.61. The second-order valence-corrected chi connectivity index (χ2v) is 9.75. The first-order valence-electron chi connectivity index (χ1n) is 13.2. The molecule has 0 aliphatic heterocycles. The first-order valence-corrected chi connectivity index (χ1v) is 13.2. The van der Waals surface area contributed by atoms with Gasteiger partial charge in [-0.2, -0.15) is 0 Å². The molecule has 0 aliphatic carbocycles. The van der Waals surface area contributed by atoms with Crippen LogP contribution in [0.15, 0.2) is 91.0 Å². The molecule has 3 amide bonds. The third kappa shape index (κ3) is 9.35. The minimum atomic E-state index is -0.997. The molecule has 3 aromatic rings. The summed E-state index contributed by atoms with van der Waals surface area (Å²) >= 11 is 0. The Labute approximate surface area is 230 Å². The van der Waals surface area contributed by atoms with Gasteiger partial charge in [-0.3, -0.25) is 14.4 Å². The van der Waals surface area contributed by atoms with E-state index in [2.05, 4.69) is 16.0 Å². The molecule has 8 heteroatoms. The zero-order valence-corrected chi connectivity index (χ0v) is 22.4. The fourth-order valence-corrected chi connectivity index (χ4v) is 4.23. The summed E-state index contributed by atoms with van der Waals surface area (Å²) in [5.74, 6) is -1.10. The molecule has 0 saturated heterocycles. The van der Waals surface area contributed by atoms with E-state index in [1.54, 1.807) is 6.92 Å². The van der Waals surface area contributed by atoms with Gasteiger partial charge >= 0.3 is 0 Å². The first kappa shape index (κ1) is 29.5. The van der Waals surface area contributed by atoms with E-state index in [1.807, 2.05) is 91.0 Å². The number of nitrogens with two attached hydrogens (primary N) is 1. The van der Waals surface area contributed by atoms with Crippen LogP contribution in [0.25, 0.3) is 0 Å². The number of rotatable bonds is 13. The van der Waals surface area contributed by atoms with Crippen LogP contribution in [0.5, 0.6) is 0 Å². The molecule has 0 bridgehead atoms. The zero-order valence-electron chi connectivity index (χ0n) is 22.4. The van der Waals surface area contributed by atoms with Crippen LogP contribution in [0, 0.1) is 0 Å². The molecule has 0 radical (unpaired) electrons. The lowest BCUT2D eigenvalue weighted by Gasteiger charge is -2.27. The summed E-state index contributed by atoms with van der Waals surface area (Å²) in [5.41, 5.74) is 8.42. The summed E-state index contributed by atoms with van der Waals surface area (Å²) in [4.78, 5) is 37.8. The normalized spacial score (nSPS) is 14.1. The lowest BCUT2D eigenvalue weighted by Crippen LogP contribution is -2.54. The van der Waals surface area contributed by atoms with Crippen molar-refractivity contribution in [1.82, 2.24) is 16.0 Å². The van der Waals surface area contributed by atoms with Crippen molar-refractivity contribution in [3.8, 4) is 0 Å². The molecule has 206 valence electrons. The number of hydrogen-bond acceptors (Lipinski definition) is 5. The largest absolute Gasteiger partial charge is 0.391 e. The van der Waals surface area contributed by atoms with Crippen molar-refractivity contribution in [3.05, 3.63) is 108 Å². The highest BCUT2D eigenvalue weighted by Crippen LogP contribution is 2.22. The van der Waals surface area contributed by atoms with Crippen LogP contribution in [0.4, 0.5) is 0 Å². The first-order chi connectivity index (χ1) is 18.7. The summed E-state index contributed by atoms with van der Waals surface area (Å²) in [6, 6.07) is 26.3. The highest BCUT2D eigenvalue weighted by Gasteiger charge is 2.26. The quantitative estimate of drug-likeness (QED) is 0.232. The van der Waals surface area contributed by atoms with Crippen molar-refractivity contribution >= 4 is 17.7 Å². The summed E-state index contributed by atoms with van der Waals surface area (Å²) in [6.45, 7) is 3.09. The maximum absolute atomic E-state index is 13.0. The smallest absolute Gasteiger partial charge is 0.242 e. The van der Waals surface area contributed by atoms with Crippen LogP contribution in [0.1, 0.15) is 49.4 Å². The van der Waals surface area contributed by atoms with Crippen molar-refractivity contribution in [3.63, 3.8) is 0 Å². The van der Waals surface area contributed by atoms with Gasteiger partial charge in [-0.25, -0.2) is 0 Å². The van der Waals surface area contributed by atoms with E-state index in [4.69, 9.17) is 5.73 Å². The maximum Gasteiger partial charge on any atom is 0.242 e. The van der Waals surface area contributed by atoms with Gasteiger partial charge in [0.15, 0.2) is 0 Å². The van der Waals surface area contributed by atoms with Crippen LogP contribution in [-0.4, -0.2) is 47.1 Å². The van der Waals surface area contributed by atoms with Crippen LogP contribution < -0.4 is 21.7 Å². The SMILES string of the molecule is C[C@H](N)C(=O)N[C@@H](C)C(=O)NC(Cc1ccccc1)C(O)CCC(=O)NC(c1ccccc1)c1ccccc1. The van der Waals surface area contributed by atoms with E-state index in [9.17, 15) is 19.5 Å². The Morgan fingerprint density at radius 3 is 1.77 bits per heavy atom. The summed E-state index contributed by atoms with van der Waals surface area (Å²) in [7, 11) is 0. The van der Waals surface area contributed by atoms with Crippen LogP contribution in [0.2, 0.25) is 0 Å². The number of carbonyl (C=O) groups is 3. The van der Waals surface area contributed by atoms with E-state index in [0.717, 1.165) is 16.7 Å².